The Bertz CT molecular complexity index is 873. The van der Waals surface area contributed by atoms with Gasteiger partial charge in [0.15, 0.2) is 5.78 Å². The lowest BCUT2D eigenvalue weighted by atomic mass is 9.94. The average molecular weight is 376 g/mol. The fourth-order valence-corrected chi connectivity index (χ4v) is 3.71. The number of aldehydes is 1. The smallest absolute Gasteiger partial charge is 0.185 e. The molecule has 1 aromatic heterocycles. The lowest BCUT2D eigenvalue weighted by molar-refractivity contribution is -0.113. The van der Waals surface area contributed by atoms with E-state index >= 15 is 0 Å². The van der Waals surface area contributed by atoms with E-state index < -0.39 is 0 Å². The van der Waals surface area contributed by atoms with Crippen molar-refractivity contribution in [2.24, 2.45) is 0 Å². The molecule has 2 aromatic rings. The molecule has 0 unspecified atom stereocenters. The molecule has 2 rings (SSSR count). The van der Waals surface area contributed by atoms with Gasteiger partial charge < -0.3 is 0 Å². The van der Waals surface area contributed by atoms with E-state index in [4.69, 9.17) is 11.6 Å². The quantitative estimate of drug-likeness (QED) is 0.459. The van der Waals surface area contributed by atoms with Gasteiger partial charge >= 0.3 is 0 Å². The molecule has 5 heteroatoms. The summed E-state index contributed by atoms with van der Waals surface area (Å²) in [6.45, 7) is 7.27. The Labute approximate surface area is 157 Å². The Balaban J connectivity index is 2.08. The minimum atomic E-state index is -0.0271. The topological polar surface area (TPSA) is 47.0 Å². The van der Waals surface area contributed by atoms with Gasteiger partial charge in [-0.05, 0) is 76.3 Å². The fourth-order valence-electron chi connectivity index (χ4n) is 2.56. The summed E-state index contributed by atoms with van der Waals surface area (Å²) in [7, 11) is 0. The Hall–Kier alpha value is -1.78. The summed E-state index contributed by atoms with van der Waals surface area (Å²) in [5.41, 5.74) is 3.74. The molecule has 0 fully saturated rings. The molecule has 25 heavy (non-hydrogen) atoms. The molecular formula is C20H22ClNO2S. The maximum Gasteiger partial charge on any atom is 0.185 e. The highest BCUT2D eigenvalue weighted by atomic mass is 35.5. The van der Waals surface area contributed by atoms with E-state index in [-0.39, 0.29) is 5.78 Å². The summed E-state index contributed by atoms with van der Waals surface area (Å²) in [5.74, 6) is -0.0271. The van der Waals surface area contributed by atoms with Crippen molar-refractivity contribution >= 4 is 45.2 Å². The van der Waals surface area contributed by atoms with Gasteiger partial charge in [0.1, 0.15) is 6.29 Å². The van der Waals surface area contributed by atoms with E-state index in [0.29, 0.717) is 22.6 Å². The molecule has 0 atom stereocenters. The lowest BCUT2D eigenvalue weighted by Crippen LogP contribution is -2.09. The maximum atomic E-state index is 12.6. The number of fused-ring (bicyclic) bond motifs is 1. The number of Topliss-reactive ketones (excluding diaryl/α,β-unsaturated/α-hetero) is 1. The number of carbonyl (C=O) groups is 2. The monoisotopic (exact) mass is 375 g/mol. The van der Waals surface area contributed by atoms with Gasteiger partial charge in [-0.3, -0.25) is 9.59 Å². The first-order valence-electron chi connectivity index (χ1n) is 8.22. The van der Waals surface area contributed by atoms with Gasteiger partial charge in [-0.25, -0.2) is 4.98 Å². The predicted octanol–water partition coefficient (Wildman–Crippen LogP) is 5.71. The molecule has 0 aliphatic rings. The maximum absolute atomic E-state index is 12.6. The van der Waals surface area contributed by atoms with Crippen molar-refractivity contribution in [3.05, 3.63) is 50.5 Å². The van der Waals surface area contributed by atoms with Gasteiger partial charge in [0.2, 0.25) is 0 Å². The number of hydrogen-bond acceptors (Lipinski definition) is 4. The van der Waals surface area contributed by atoms with Gasteiger partial charge in [0, 0.05) is 10.6 Å². The zero-order valence-corrected chi connectivity index (χ0v) is 16.6. The molecule has 0 bridgehead atoms. The summed E-state index contributed by atoms with van der Waals surface area (Å²) >= 11 is 7.67. The number of hydrogen-bond donors (Lipinski definition) is 0. The second-order valence-corrected chi connectivity index (χ2v) is 7.86. The van der Waals surface area contributed by atoms with E-state index in [1.807, 2.05) is 32.0 Å². The van der Waals surface area contributed by atoms with Crippen molar-refractivity contribution in [1.29, 1.82) is 0 Å². The number of nitrogens with zero attached hydrogens (tertiary/aromatic N) is 1. The van der Waals surface area contributed by atoms with Crippen LogP contribution in [-0.4, -0.2) is 17.1 Å². The van der Waals surface area contributed by atoms with Crippen LogP contribution in [0.5, 0.6) is 0 Å². The minimum absolute atomic E-state index is 0.0271. The van der Waals surface area contributed by atoms with Crippen LogP contribution in [0.4, 0.5) is 0 Å². The number of rotatable bonds is 7. The van der Waals surface area contributed by atoms with Crippen molar-refractivity contribution in [1.82, 2.24) is 4.98 Å². The average Bonchev–Trinajstić information content (AvgIpc) is 2.98. The number of ketones is 1. The van der Waals surface area contributed by atoms with Crippen molar-refractivity contribution < 1.29 is 9.59 Å². The van der Waals surface area contributed by atoms with Gasteiger partial charge in [-0.2, -0.15) is 0 Å². The summed E-state index contributed by atoms with van der Waals surface area (Å²) in [6, 6.07) is 5.73. The van der Waals surface area contributed by atoms with E-state index in [9.17, 15) is 9.59 Å². The number of allylic oxidation sites excluding steroid dienone is 4. The van der Waals surface area contributed by atoms with Crippen LogP contribution in [0.25, 0.3) is 10.2 Å². The van der Waals surface area contributed by atoms with Crippen LogP contribution < -0.4 is 0 Å². The largest absolute Gasteiger partial charge is 0.298 e. The third-order valence-corrected chi connectivity index (χ3v) is 5.53. The van der Waals surface area contributed by atoms with Crippen LogP contribution in [0.3, 0.4) is 0 Å². The summed E-state index contributed by atoms with van der Waals surface area (Å²) in [4.78, 5) is 28.1. The molecule has 0 radical (unpaired) electrons. The summed E-state index contributed by atoms with van der Waals surface area (Å²) in [5, 5.41) is 1.74. The number of aromatic nitrogens is 1. The zero-order valence-electron chi connectivity index (χ0n) is 15.0. The molecule has 0 spiro atoms. The normalized spacial score (nSPS) is 12.0. The highest BCUT2D eigenvalue weighted by Crippen LogP contribution is 2.27. The SMILES string of the molecule is CC(C)=C(CCCc1nc2cc(Cl)ccc2s1)C(=O)/C(C)=C(/C)C=O. The van der Waals surface area contributed by atoms with Crippen LogP contribution in [-0.2, 0) is 16.0 Å². The van der Waals surface area contributed by atoms with E-state index in [1.165, 1.54) is 0 Å². The Morgan fingerprint density at radius 3 is 2.60 bits per heavy atom. The highest BCUT2D eigenvalue weighted by Gasteiger charge is 2.15. The molecule has 0 aliphatic carbocycles. The summed E-state index contributed by atoms with van der Waals surface area (Å²) < 4.78 is 1.12. The Morgan fingerprint density at radius 1 is 1.24 bits per heavy atom. The predicted molar refractivity (Wildman–Crippen MR) is 105 cm³/mol. The van der Waals surface area contributed by atoms with Crippen molar-refractivity contribution in [2.45, 2.75) is 47.0 Å². The van der Waals surface area contributed by atoms with Gasteiger partial charge in [-0.15, -0.1) is 11.3 Å². The number of thiazole rings is 1. The van der Waals surface area contributed by atoms with Gasteiger partial charge in [-0.1, -0.05) is 17.2 Å². The van der Waals surface area contributed by atoms with Crippen LogP contribution in [0.2, 0.25) is 5.02 Å². The van der Waals surface area contributed by atoms with Gasteiger partial charge in [0.25, 0.3) is 0 Å². The Kier molecular flexibility index (Phi) is 6.68. The van der Waals surface area contributed by atoms with Crippen LogP contribution in [0.1, 0.15) is 45.5 Å². The molecule has 0 saturated carbocycles. The first-order valence-corrected chi connectivity index (χ1v) is 9.41. The molecule has 0 N–H and O–H groups in total. The standard InChI is InChI=1S/C20H22ClNO2S/c1-12(2)16(20(24)14(4)13(3)11-23)6-5-7-19-22-17-10-15(21)8-9-18(17)25-19/h8-11H,5-7H2,1-4H3/b14-13-. The van der Waals surface area contributed by atoms with Crippen LogP contribution >= 0.6 is 22.9 Å². The summed E-state index contributed by atoms with van der Waals surface area (Å²) in [6.07, 6.45) is 3.08. The third kappa shape index (κ3) is 4.86. The second-order valence-electron chi connectivity index (χ2n) is 6.31. The molecule has 0 saturated heterocycles. The van der Waals surface area contributed by atoms with Crippen LogP contribution in [0.15, 0.2) is 40.5 Å². The molecule has 132 valence electrons. The molecular weight excluding hydrogens is 354 g/mol. The minimum Gasteiger partial charge on any atom is -0.298 e. The van der Waals surface area contributed by atoms with Crippen molar-refractivity contribution in [3.63, 3.8) is 0 Å². The molecule has 0 aliphatic heterocycles. The lowest BCUT2D eigenvalue weighted by Gasteiger charge is -2.10. The molecule has 1 aromatic carbocycles. The van der Waals surface area contributed by atoms with Crippen LogP contribution in [0, 0.1) is 0 Å². The number of benzene rings is 1. The second kappa shape index (κ2) is 8.54. The van der Waals surface area contributed by atoms with E-state index in [2.05, 4.69) is 4.98 Å². The third-order valence-electron chi connectivity index (χ3n) is 4.20. The van der Waals surface area contributed by atoms with Crippen molar-refractivity contribution in [2.75, 3.05) is 0 Å². The fraction of sp³-hybridized carbons (Fsp3) is 0.350. The number of carbonyl (C=O) groups excluding carboxylic acids is 2. The first-order chi connectivity index (χ1) is 11.8. The molecule has 0 amide bonds. The van der Waals surface area contributed by atoms with Crippen molar-refractivity contribution in [3.8, 4) is 0 Å². The molecule has 1 heterocycles. The number of halogens is 1. The van der Waals surface area contributed by atoms with E-state index in [0.717, 1.165) is 45.5 Å². The van der Waals surface area contributed by atoms with Gasteiger partial charge in [0.05, 0.1) is 15.2 Å². The first kappa shape index (κ1) is 19.5. The Morgan fingerprint density at radius 2 is 1.96 bits per heavy atom. The number of aryl methyl sites for hydroxylation is 1. The highest BCUT2D eigenvalue weighted by molar-refractivity contribution is 7.18. The zero-order chi connectivity index (χ0) is 18.6. The van der Waals surface area contributed by atoms with E-state index in [1.54, 1.807) is 25.2 Å². The molecule has 3 nitrogen and oxygen atoms in total.